The predicted octanol–water partition coefficient (Wildman–Crippen LogP) is 5.86. The molecular formula is C26H22ClN5O. The molecule has 33 heavy (non-hydrogen) atoms. The number of benzene rings is 3. The molecule has 0 radical (unpaired) electrons. The van der Waals surface area contributed by atoms with E-state index in [-0.39, 0.29) is 17.9 Å². The highest BCUT2D eigenvalue weighted by molar-refractivity contribution is 6.31. The fourth-order valence-electron chi connectivity index (χ4n) is 3.84. The van der Waals surface area contributed by atoms with Crippen molar-refractivity contribution >= 4 is 35.1 Å². The molecule has 3 aromatic carbocycles. The van der Waals surface area contributed by atoms with Crippen LogP contribution in [0.1, 0.15) is 38.7 Å². The first-order chi connectivity index (χ1) is 16.0. The van der Waals surface area contributed by atoms with E-state index in [4.69, 9.17) is 11.6 Å². The maximum atomic E-state index is 12.7. The summed E-state index contributed by atoms with van der Waals surface area (Å²) >= 11 is 6.54. The van der Waals surface area contributed by atoms with Gasteiger partial charge in [-0.05, 0) is 49.2 Å². The monoisotopic (exact) mass is 455 g/mol. The van der Waals surface area contributed by atoms with Crippen LogP contribution in [-0.4, -0.2) is 20.7 Å². The summed E-state index contributed by atoms with van der Waals surface area (Å²) in [5.41, 5.74) is 5.56. The summed E-state index contributed by atoms with van der Waals surface area (Å²) in [5.74, 6) is 0.486. The summed E-state index contributed by atoms with van der Waals surface area (Å²) in [5, 5.41) is 11.4. The fourth-order valence-corrected chi connectivity index (χ4v) is 4.09. The molecule has 7 heteroatoms. The highest BCUT2D eigenvalue weighted by atomic mass is 35.5. The summed E-state index contributed by atoms with van der Waals surface area (Å²) in [6.45, 7) is 4.00. The lowest BCUT2D eigenvalue weighted by Crippen LogP contribution is -2.20. The van der Waals surface area contributed by atoms with E-state index >= 15 is 0 Å². The Morgan fingerprint density at radius 2 is 1.79 bits per heavy atom. The molecule has 164 valence electrons. The van der Waals surface area contributed by atoms with Crippen molar-refractivity contribution in [1.29, 1.82) is 0 Å². The molecule has 0 fully saturated rings. The Bertz CT molecular complexity index is 1370. The third-order valence-electron chi connectivity index (χ3n) is 5.56. The Balaban J connectivity index is 1.53. The molecule has 0 spiro atoms. The topological polar surface area (TPSA) is 71.8 Å². The number of aryl methyl sites for hydroxylation is 2. The van der Waals surface area contributed by atoms with Crippen LogP contribution in [0.15, 0.2) is 78.9 Å². The smallest absolute Gasteiger partial charge is 0.258 e. The number of hydrogen-bond donors (Lipinski definition) is 2. The van der Waals surface area contributed by atoms with Crippen molar-refractivity contribution in [2.24, 2.45) is 0 Å². The maximum Gasteiger partial charge on any atom is 0.258 e. The van der Waals surface area contributed by atoms with Crippen molar-refractivity contribution in [3.8, 4) is 0 Å². The summed E-state index contributed by atoms with van der Waals surface area (Å²) in [6, 6.07) is 23.0. The lowest BCUT2D eigenvalue weighted by molar-refractivity contribution is 0.102. The van der Waals surface area contributed by atoms with Crippen LogP contribution in [0.25, 0.3) is 5.70 Å². The zero-order chi connectivity index (χ0) is 22.9. The van der Waals surface area contributed by atoms with Crippen LogP contribution in [0.5, 0.6) is 0 Å². The van der Waals surface area contributed by atoms with Gasteiger partial charge in [-0.1, -0.05) is 77.3 Å². The molecule has 4 aromatic rings. The van der Waals surface area contributed by atoms with Crippen molar-refractivity contribution in [3.63, 3.8) is 0 Å². The van der Waals surface area contributed by atoms with E-state index in [1.165, 1.54) is 5.56 Å². The van der Waals surface area contributed by atoms with Crippen molar-refractivity contribution in [3.05, 3.63) is 112 Å². The number of aromatic nitrogens is 3. The number of rotatable bonds is 4. The number of halogens is 1. The van der Waals surface area contributed by atoms with Gasteiger partial charge >= 0.3 is 0 Å². The third-order valence-corrected chi connectivity index (χ3v) is 5.90. The van der Waals surface area contributed by atoms with E-state index in [1.807, 2.05) is 49.4 Å². The van der Waals surface area contributed by atoms with Gasteiger partial charge in [0.1, 0.15) is 6.04 Å². The lowest BCUT2D eigenvalue weighted by atomic mass is 10.0. The van der Waals surface area contributed by atoms with Gasteiger partial charge in [-0.2, -0.15) is 4.98 Å². The Hall–Kier alpha value is -3.90. The van der Waals surface area contributed by atoms with Gasteiger partial charge < -0.3 is 5.32 Å². The number of carbonyl (C=O) groups excluding carboxylic acids is 1. The van der Waals surface area contributed by atoms with Crippen molar-refractivity contribution < 1.29 is 4.79 Å². The van der Waals surface area contributed by atoms with Gasteiger partial charge in [0.25, 0.3) is 11.9 Å². The first-order valence-corrected chi connectivity index (χ1v) is 11.0. The SMILES string of the molecule is Cc1ccc(C2=CC(c3ccccc3Cl)n3nc(NC(=O)c4cccc(C)c4)nc3N2)cc1. The molecule has 1 unspecified atom stereocenters. The van der Waals surface area contributed by atoms with E-state index in [0.29, 0.717) is 16.5 Å². The Morgan fingerprint density at radius 1 is 1.00 bits per heavy atom. The molecule has 2 N–H and O–H groups in total. The minimum Gasteiger partial charge on any atom is -0.324 e. The van der Waals surface area contributed by atoms with Crippen molar-refractivity contribution in [2.75, 3.05) is 10.6 Å². The third kappa shape index (κ3) is 4.25. The van der Waals surface area contributed by atoms with E-state index in [2.05, 4.69) is 58.0 Å². The Labute approximate surface area is 196 Å². The van der Waals surface area contributed by atoms with E-state index in [1.54, 1.807) is 10.7 Å². The van der Waals surface area contributed by atoms with Gasteiger partial charge in [0.2, 0.25) is 5.95 Å². The Morgan fingerprint density at radius 3 is 2.55 bits per heavy atom. The number of hydrogen-bond acceptors (Lipinski definition) is 4. The van der Waals surface area contributed by atoms with Crippen LogP contribution < -0.4 is 10.6 Å². The number of carbonyl (C=O) groups is 1. The van der Waals surface area contributed by atoms with Crippen molar-refractivity contribution in [1.82, 2.24) is 14.8 Å². The minimum atomic E-state index is -0.289. The molecule has 1 aliphatic rings. The second kappa shape index (κ2) is 8.56. The molecule has 5 rings (SSSR count). The first-order valence-electron chi connectivity index (χ1n) is 10.6. The molecule has 0 saturated carbocycles. The van der Waals surface area contributed by atoms with E-state index < -0.39 is 0 Å². The average Bonchev–Trinajstić information content (AvgIpc) is 3.21. The quantitative estimate of drug-likeness (QED) is 0.404. The highest BCUT2D eigenvalue weighted by Gasteiger charge is 2.27. The Kier molecular flexibility index (Phi) is 5.44. The normalized spacial score (nSPS) is 14.8. The molecule has 2 heterocycles. The van der Waals surface area contributed by atoms with Crippen LogP contribution in [0.4, 0.5) is 11.9 Å². The fraction of sp³-hybridized carbons (Fsp3) is 0.115. The largest absolute Gasteiger partial charge is 0.324 e. The number of nitrogens with zero attached hydrogens (tertiary/aromatic N) is 3. The average molecular weight is 456 g/mol. The highest BCUT2D eigenvalue weighted by Crippen LogP contribution is 2.36. The molecule has 0 bridgehead atoms. The maximum absolute atomic E-state index is 12.7. The number of anilines is 2. The van der Waals surface area contributed by atoms with Gasteiger partial charge in [0.15, 0.2) is 0 Å². The van der Waals surface area contributed by atoms with Gasteiger partial charge in [0.05, 0.1) is 0 Å². The predicted molar refractivity (Wildman–Crippen MR) is 132 cm³/mol. The van der Waals surface area contributed by atoms with Gasteiger partial charge in [-0.25, -0.2) is 4.68 Å². The van der Waals surface area contributed by atoms with Gasteiger partial charge in [-0.3, -0.25) is 10.1 Å². The van der Waals surface area contributed by atoms with Crippen LogP contribution in [0.2, 0.25) is 5.02 Å². The molecule has 6 nitrogen and oxygen atoms in total. The van der Waals surface area contributed by atoms with E-state index in [9.17, 15) is 4.79 Å². The number of amides is 1. The molecule has 1 atom stereocenters. The zero-order valence-electron chi connectivity index (χ0n) is 18.2. The first kappa shape index (κ1) is 21.0. The van der Waals surface area contributed by atoms with Gasteiger partial charge in [0, 0.05) is 16.3 Å². The standard InChI is InChI=1S/C26H22ClN5O/c1-16-10-12-18(13-11-16)22-15-23(20-8-3-4-9-21(20)27)32-26(28-22)30-25(31-32)29-24(33)19-7-5-6-17(2)14-19/h3-15,23H,1-2H3,(H2,28,29,30,31,33). The van der Waals surface area contributed by atoms with Crippen LogP contribution in [0.3, 0.4) is 0 Å². The molecule has 1 amide bonds. The second-order valence-electron chi connectivity index (χ2n) is 8.06. The van der Waals surface area contributed by atoms with E-state index in [0.717, 1.165) is 22.4 Å². The molecule has 0 aliphatic carbocycles. The number of fused-ring (bicyclic) bond motifs is 1. The molecule has 1 aliphatic heterocycles. The minimum absolute atomic E-state index is 0.222. The van der Waals surface area contributed by atoms with Crippen molar-refractivity contribution in [2.45, 2.75) is 19.9 Å². The number of allylic oxidation sites excluding steroid dienone is 1. The molecule has 0 saturated heterocycles. The zero-order valence-corrected chi connectivity index (χ0v) is 19.0. The van der Waals surface area contributed by atoms with Crippen LogP contribution in [-0.2, 0) is 0 Å². The summed E-state index contributed by atoms with van der Waals surface area (Å²) in [6.07, 6.45) is 2.07. The molecule has 1 aromatic heterocycles. The second-order valence-corrected chi connectivity index (χ2v) is 8.47. The number of nitrogens with one attached hydrogen (secondary N) is 2. The van der Waals surface area contributed by atoms with Gasteiger partial charge in [-0.15, -0.1) is 5.10 Å². The van der Waals surface area contributed by atoms with Crippen LogP contribution >= 0.6 is 11.6 Å². The summed E-state index contributed by atoms with van der Waals surface area (Å²) in [4.78, 5) is 17.3. The lowest BCUT2D eigenvalue weighted by Gasteiger charge is -2.25. The summed E-state index contributed by atoms with van der Waals surface area (Å²) in [7, 11) is 0. The summed E-state index contributed by atoms with van der Waals surface area (Å²) < 4.78 is 1.74. The van der Waals surface area contributed by atoms with Crippen LogP contribution in [0, 0.1) is 13.8 Å². The molecular weight excluding hydrogens is 434 g/mol.